The Morgan fingerprint density at radius 1 is 1.18 bits per heavy atom. The maximum Gasteiger partial charge on any atom is 0.0843 e. The van der Waals surface area contributed by atoms with Crippen LogP contribution in [0.2, 0.25) is 0 Å². The third-order valence-electron chi connectivity index (χ3n) is 2.43. The van der Waals surface area contributed by atoms with Gasteiger partial charge in [0.05, 0.1) is 5.69 Å². The monoisotopic (exact) mass is 367 g/mol. The Kier molecular flexibility index (Phi) is 16.0. The number of allylic oxidation sites excluding steroid dienone is 2. The molecular weight excluding hydrogens is 334 g/mol. The van der Waals surface area contributed by atoms with Crippen LogP contribution < -0.4 is 0 Å². The van der Waals surface area contributed by atoms with Gasteiger partial charge in [-0.3, -0.25) is 4.98 Å². The van der Waals surface area contributed by atoms with Gasteiger partial charge in [-0.15, -0.1) is 0 Å². The zero-order valence-corrected chi connectivity index (χ0v) is 17.3. The van der Waals surface area contributed by atoms with Gasteiger partial charge < -0.3 is 0 Å². The van der Waals surface area contributed by atoms with Crippen molar-refractivity contribution >= 4 is 26.5 Å². The Morgan fingerprint density at radius 3 is 2.14 bits per heavy atom. The average Bonchev–Trinajstić information content (AvgIpc) is 2.50. The first-order valence-electron chi connectivity index (χ1n) is 8.44. The van der Waals surface area contributed by atoms with Crippen LogP contribution in [0.1, 0.15) is 78.8 Å². The van der Waals surface area contributed by atoms with Gasteiger partial charge >= 0.3 is 0 Å². The van der Waals surface area contributed by atoms with Gasteiger partial charge in [-0.1, -0.05) is 72.3 Å². The highest BCUT2D eigenvalue weighted by molar-refractivity contribution is 9.15. The number of hydrogen-bond acceptors (Lipinski definition) is 1. The Labute approximate surface area is 147 Å². The lowest BCUT2D eigenvalue weighted by atomic mass is 10.1. The summed E-state index contributed by atoms with van der Waals surface area (Å²) in [6, 6.07) is 4.26. The highest BCUT2D eigenvalue weighted by atomic mass is 79.9. The molecule has 0 aliphatic heterocycles. The molecule has 0 fully saturated rings. The molecule has 0 amide bonds. The van der Waals surface area contributed by atoms with E-state index in [0.29, 0.717) is 5.92 Å². The third-order valence-corrected chi connectivity index (χ3v) is 3.26. The number of pyridine rings is 1. The molecule has 2 heteroatoms. The Bertz CT molecular complexity index is 445. The van der Waals surface area contributed by atoms with E-state index in [1.807, 2.05) is 39.8 Å². The molecule has 1 heterocycles. The first kappa shape index (κ1) is 23.4. The number of nitrogens with zero attached hydrogens (tertiary/aromatic N) is 1. The van der Waals surface area contributed by atoms with E-state index in [0.717, 1.165) is 27.9 Å². The zero-order chi connectivity index (χ0) is 17.5. The highest BCUT2D eigenvalue weighted by Crippen LogP contribution is 2.24. The van der Waals surface area contributed by atoms with Gasteiger partial charge in [-0.05, 0) is 48.2 Å². The molecule has 0 aliphatic carbocycles. The van der Waals surface area contributed by atoms with Crippen molar-refractivity contribution in [2.45, 2.75) is 68.2 Å². The second-order valence-electron chi connectivity index (χ2n) is 5.18. The summed E-state index contributed by atoms with van der Waals surface area (Å²) in [4.78, 5) is 4.74. The van der Waals surface area contributed by atoms with Crippen molar-refractivity contribution in [1.82, 2.24) is 4.98 Å². The lowest BCUT2D eigenvalue weighted by Crippen LogP contribution is -2.00. The van der Waals surface area contributed by atoms with Gasteiger partial charge in [0, 0.05) is 15.7 Å². The van der Waals surface area contributed by atoms with Crippen molar-refractivity contribution in [1.29, 1.82) is 0 Å². The van der Waals surface area contributed by atoms with Gasteiger partial charge in [0.2, 0.25) is 0 Å². The first-order chi connectivity index (χ1) is 10.5. The van der Waals surface area contributed by atoms with Crippen LogP contribution >= 0.6 is 15.9 Å². The predicted molar refractivity (Wildman–Crippen MR) is 107 cm³/mol. The van der Waals surface area contributed by atoms with Gasteiger partial charge in [0.1, 0.15) is 0 Å². The minimum atomic E-state index is 0.632. The van der Waals surface area contributed by atoms with E-state index in [2.05, 4.69) is 61.8 Å². The molecule has 126 valence electrons. The Balaban J connectivity index is 0. The van der Waals surface area contributed by atoms with E-state index in [9.17, 15) is 0 Å². The molecule has 0 unspecified atom stereocenters. The SMILES string of the molecule is C/C=C\c1ccc(CC(C)C)nc1/C(Br)=C\C.CC.CCC. The van der Waals surface area contributed by atoms with Crippen molar-refractivity contribution in [3.8, 4) is 0 Å². The second kappa shape index (κ2) is 15.0. The Hall–Kier alpha value is -0.890. The van der Waals surface area contributed by atoms with Crippen LogP contribution in [0.25, 0.3) is 10.6 Å². The Morgan fingerprint density at radius 2 is 1.73 bits per heavy atom. The first-order valence-corrected chi connectivity index (χ1v) is 9.24. The number of aromatic nitrogens is 1. The van der Waals surface area contributed by atoms with Crippen LogP contribution in [-0.4, -0.2) is 4.98 Å². The largest absolute Gasteiger partial charge is 0.252 e. The summed E-state index contributed by atoms with van der Waals surface area (Å²) in [5, 5.41) is 0. The average molecular weight is 368 g/mol. The number of halogens is 1. The molecule has 0 atom stereocenters. The van der Waals surface area contributed by atoms with Crippen LogP contribution in [0.3, 0.4) is 0 Å². The summed E-state index contributed by atoms with van der Waals surface area (Å²) >= 11 is 3.57. The van der Waals surface area contributed by atoms with E-state index < -0.39 is 0 Å². The molecule has 0 aromatic carbocycles. The van der Waals surface area contributed by atoms with E-state index in [1.165, 1.54) is 6.42 Å². The maximum atomic E-state index is 4.74. The molecule has 22 heavy (non-hydrogen) atoms. The second-order valence-corrected chi connectivity index (χ2v) is 6.04. The van der Waals surface area contributed by atoms with Gasteiger partial charge in [-0.25, -0.2) is 0 Å². The molecule has 1 rings (SSSR count). The predicted octanol–water partition coefficient (Wildman–Crippen LogP) is 7.51. The molecule has 1 aromatic rings. The van der Waals surface area contributed by atoms with Crippen LogP contribution in [0.5, 0.6) is 0 Å². The summed E-state index contributed by atoms with van der Waals surface area (Å²) in [6.07, 6.45) is 8.44. The fraction of sp³-hybridized carbons (Fsp3) is 0.550. The van der Waals surface area contributed by atoms with Gasteiger partial charge in [0.25, 0.3) is 0 Å². The van der Waals surface area contributed by atoms with Crippen molar-refractivity contribution in [3.63, 3.8) is 0 Å². The minimum absolute atomic E-state index is 0.632. The van der Waals surface area contributed by atoms with E-state index in [-0.39, 0.29) is 0 Å². The minimum Gasteiger partial charge on any atom is -0.252 e. The summed E-state index contributed by atoms with van der Waals surface area (Å²) in [7, 11) is 0. The standard InChI is InChI=1S/C15H20BrN.C3H8.C2H6/c1-5-7-12-8-9-13(10-11(3)4)17-15(12)14(16)6-2;1-3-2;1-2/h5-9,11H,10H2,1-4H3;3H2,1-2H3;1-2H3/b7-5-,14-6+;;. The molecule has 0 aliphatic rings. The molecule has 0 spiro atoms. The lowest BCUT2D eigenvalue weighted by molar-refractivity contribution is 0.635. The molecule has 0 radical (unpaired) electrons. The van der Waals surface area contributed by atoms with Gasteiger partial charge in [-0.2, -0.15) is 0 Å². The van der Waals surface area contributed by atoms with Crippen molar-refractivity contribution in [2.24, 2.45) is 5.92 Å². The normalized spacial score (nSPS) is 10.9. The molecule has 1 nitrogen and oxygen atoms in total. The van der Waals surface area contributed by atoms with Crippen LogP contribution in [0.4, 0.5) is 0 Å². The van der Waals surface area contributed by atoms with Crippen molar-refractivity contribution < 1.29 is 0 Å². The highest BCUT2D eigenvalue weighted by Gasteiger charge is 2.07. The zero-order valence-electron chi connectivity index (χ0n) is 15.7. The van der Waals surface area contributed by atoms with Crippen LogP contribution in [0.15, 0.2) is 24.3 Å². The van der Waals surface area contributed by atoms with E-state index >= 15 is 0 Å². The maximum absolute atomic E-state index is 4.74. The fourth-order valence-electron chi connectivity index (χ4n) is 1.68. The topological polar surface area (TPSA) is 12.9 Å². The van der Waals surface area contributed by atoms with E-state index in [4.69, 9.17) is 4.98 Å². The molecular formula is C20H34BrN. The molecule has 0 bridgehead atoms. The smallest absolute Gasteiger partial charge is 0.0843 e. The third kappa shape index (κ3) is 9.94. The molecule has 0 saturated carbocycles. The van der Waals surface area contributed by atoms with Crippen molar-refractivity contribution in [2.75, 3.05) is 0 Å². The van der Waals surface area contributed by atoms with Gasteiger partial charge in [0.15, 0.2) is 0 Å². The fourth-order valence-corrected chi connectivity index (χ4v) is 2.00. The summed E-state index contributed by atoms with van der Waals surface area (Å²) in [5.74, 6) is 0.632. The van der Waals surface area contributed by atoms with E-state index in [1.54, 1.807) is 0 Å². The summed E-state index contributed by atoms with van der Waals surface area (Å²) in [6.45, 7) is 16.7. The number of rotatable bonds is 4. The van der Waals surface area contributed by atoms with Crippen molar-refractivity contribution in [3.05, 3.63) is 41.2 Å². The molecule has 0 N–H and O–H groups in total. The quantitative estimate of drug-likeness (QED) is 0.536. The lowest BCUT2D eigenvalue weighted by Gasteiger charge is -2.09. The number of hydrogen-bond donors (Lipinski definition) is 0. The summed E-state index contributed by atoms with van der Waals surface area (Å²) in [5.41, 5.74) is 3.34. The van der Waals surface area contributed by atoms with Crippen LogP contribution in [0, 0.1) is 5.92 Å². The summed E-state index contributed by atoms with van der Waals surface area (Å²) < 4.78 is 1.05. The molecule has 1 aromatic heterocycles. The molecule has 0 saturated heterocycles. The van der Waals surface area contributed by atoms with Crippen LogP contribution in [-0.2, 0) is 6.42 Å².